The quantitative estimate of drug-likeness (QED) is 0.627. The number of para-hydroxylation sites is 1. The highest BCUT2D eigenvalue weighted by Gasteiger charge is 2.55. The number of benzene rings is 2. The fourth-order valence-corrected chi connectivity index (χ4v) is 4.15. The predicted molar refractivity (Wildman–Crippen MR) is 112 cm³/mol. The van der Waals surface area contributed by atoms with E-state index >= 15 is 0 Å². The summed E-state index contributed by atoms with van der Waals surface area (Å²) in [5.74, 6) is -0.311. The molecule has 0 aromatic heterocycles. The van der Waals surface area contributed by atoms with Gasteiger partial charge in [-0.25, -0.2) is 4.79 Å². The van der Waals surface area contributed by atoms with Crippen molar-refractivity contribution >= 4 is 35.1 Å². The Morgan fingerprint density at radius 3 is 2.84 bits per heavy atom. The molecule has 164 valence electrons. The SMILES string of the molecule is C[C@@H]1Oc2ccc(NC(=O)CN3C(=O)N[C@]4(CCOc5ccccc54)C3=O)cc2NC1=O. The molecule has 3 aliphatic heterocycles. The lowest BCUT2D eigenvalue weighted by atomic mass is 9.84. The van der Waals surface area contributed by atoms with Gasteiger partial charge in [0.15, 0.2) is 11.6 Å². The Balaban J connectivity index is 1.32. The summed E-state index contributed by atoms with van der Waals surface area (Å²) in [5.41, 5.74) is 0.160. The van der Waals surface area contributed by atoms with Gasteiger partial charge in [-0.05, 0) is 31.2 Å². The number of rotatable bonds is 3. The van der Waals surface area contributed by atoms with E-state index in [1.165, 1.54) is 0 Å². The summed E-state index contributed by atoms with van der Waals surface area (Å²) in [4.78, 5) is 51.2. The third-order valence-corrected chi connectivity index (χ3v) is 5.75. The van der Waals surface area contributed by atoms with Crippen LogP contribution in [0, 0.1) is 0 Å². The standard InChI is InChI=1S/C22H20N4O6/c1-12-19(28)24-15-10-13(6-7-17(15)32-12)23-18(27)11-26-20(29)22(25-21(26)30)8-9-31-16-5-3-2-4-14(16)22/h2-7,10,12H,8-9,11H2,1H3,(H,23,27)(H,24,28)(H,25,30)/t12-,22-/m0/s1. The lowest BCUT2D eigenvalue weighted by Gasteiger charge is -2.33. The number of amides is 5. The lowest BCUT2D eigenvalue weighted by Crippen LogP contribution is -2.48. The van der Waals surface area contributed by atoms with Crippen LogP contribution in [0.4, 0.5) is 16.2 Å². The molecule has 10 nitrogen and oxygen atoms in total. The molecule has 10 heteroatoms. The summed E-state index contributed by atoms with van der Waals surface area (Å²) in [6, 6.07) is 11.2. The van der Waals surface area contributed by atoms with Crippen LogP contribution in [0.5, 0.6) is 11.5 Å². The number of anilines is 2. The molecule has 0 radical (unpaired) electrons. The van der Waals surface area contributed by atoms with E-state index in [1.807, 2.05) is 0 Å². The second-order valence-corrected chi connectivity index (χ2v) is 7.83. The summed E-state index contributed by atoms with van der Waals surface area (Å²) >= 11 is 0. The van der Waals surface area contributed by atoms with Crippen molar-refractivity contribution < 1.29 is 28.7 Å². The highest BCUT2D eigenvalue weighted by atomic mass is 16.5. The number of carbonyl (C=O) groups is 4. The van der Waals surface area contributed by atoms with Crippen molar-refractivity contribution in [1.29, 1.82) is 0 Å². The second kappa shape index (κ2) is 7.26. The van der Waals surface area contributed by atoms with E-state index in [4.69, 9.17) is 9.47 Å². The maximum atomic E-state index is 13.2. The Labute approximate surface area is 182 Å². The number of hydrogen-bond donors (Lipinski definition) is 3. The van der Waals surface area contributed by atoms with E-state index in [0.29, 0.717) is 28.4 Å². The van der Waals surface area contributed by atoms with Crippen molar-refractivity contribution in [3.8, 4) is 11.5 Å². The predicted octanol–water partition coefficient (Wildman–Crippen LogP) is 1.57. The number of nitrogens with one attached hydrogen (secondary N) is 3. The maximum Gasteiger partial charge on any atom is 0.325 e. The van der Waals surface area contributed by atoms with Crippen LogP contribution in [0.3, 0.4) is 0 Å². The van der Waals surface area contributed by atoms with E-state index in [2.05, 4.69) is 16.0 Å². The molecule has 0 unspecified atom stereocenters. The monoisotopic (exact) mass is 436 g/mol. The topological polar surface area (TPSA) is 126 Å². The smallest absolute Gasteiger partial charge is 0.325 e. The Morgan fingerprint density at radius 2 is 2.00 bits per heavy atom. The van der Waals surface area contributed by atoms with Gasteiger partial charge in [-0.15, -0.1) is 0 Å². The second-order valence-electron chi connectivity index (χ2n) is 7.83. The fourth-order valence-electron chi connectivity index (χ4n) is 4.15. The molecular weight excluding hydrogens is 416 g/mol. The molecule has 1 saturated heterocycles. The van der Waals surface area contributed by atoms with Crippen molar-refractivity contribution in [2.24, 2.45) is 0 Å². The number of ether oxygens (including phenoxy) is 2. The van der Waals surface area contributed by atoms with Gasteiger partial charge in [-0.1, -0.05) is 18.2 Å². The Morgan fingerprint density at radius 1 is 1.19 bits per heavy atom. The molecule has 2 atom stereocenters. The van der Waals surface area contributed by atoms with Crippen molar-refractivity contribution in [1.82, 2.24) is 10.2 Å². The zero-order valence-electron chi connectivity index (χ0n) is 17.1. The molecule has 0 aliphatic carbocycles. The number of carbonyl (C=O) groups excluding carboxylic acids is 4. The maximum absolute atomic E-state index is 13.2. The highest BCUT2D eigenvalue weighted by molar-refractivity contribution is 6.11. The summed E-state index contributed by atoms with van der Waals surface area (Å²) < 4.78 is 11.1. The van der Waals surface area contributed by atoms with Gasteiger partial charge in [-0.2, -0.15) is 0 Å². The molecule has 1 fully saturated rings. The Hall–Kier alpha value is -4.08. The minimum absolute atomic E-state index is 0.268. The van der Waals surface area contributed by atoms with E-state index in [9.17, 15) is 19.2 Å². The van der Waals surface area contributed by atoms with Crippen molar-refractivity contribution in [3.63, 3.8) is 0 Å². The van der Waals surface area contributed by atoms with Crippen LogP contribution in [0.25, 0.3) is 0 Å². The molecule has 3 N–H and O–H groups in total. The molecule has 3 aliphatic rings. The molecule has 0 saturated carbocycles. The molecule has 2 aromatic rings. The van der Waals surface area contributed by atoms with Gasteiger partial charge in [0.1, 0.15) is 18.0 Å². The molecule has 5 amide bonds. The average Bonchev–Trinajstić information content (AvgIpc) is 3.00. The van der Waals surface area contributed by atoms with Crippen LogP contribution >= 0.6 is 0 Å². The zero-order chi connectivity index (χ0) is 22.5. The Kier molecular flexibility index (Phi) is 4.50. The first-order chi connectivity index (χ1) is 15.4. The number of nitrogens with zero attached hydrogens (tertiary/aromatic N) is 1. The first kappa shape index (κ1) is 19.9. The van der Waals surface area contributed by atoms with E-state index in [-0.39, 0.29) is 18.9 Å². The summed E-state index contributed by atoms with van der Waals surface area (Å²) in [6.45, 7) is 1.45. The number of imide groups is 1. The average molecular weight is 436 g/mol. The molecule has 2 aromatic carbocycles. The minimum Gasteiger partial charge on any atom is -0.493 e. The summed E-state index contributed by atoms with van der Waals surface area (Å²) in [7, 11) is 0. The molecule has 0 bridgehead atoms. The van der Waals surface area contributed by atoms with Gasteiger partial charge < -0.3 is 25.4 Å². The number of hydrogen-bond acceptors (Lipinski definition) is 6. The van der Waals surface area contributed by atoms with Crippen LogP contribution in [0.1, 0.15) is 18.9 Å². The first-order valence-corrected chi connectivity index (χ1v) is 10.2. The van der Waals surface area contributed by atoms with Crippen LogP contribution < -0.4 is 25.4 Å². The number of fused-ring (bicyclic) bond motifs is 3. The normalized spacial score (nSPS) is 23.5. The van der Waals surface area contributed by atoms with E-state index < -0.39 is 36.0 Å². The van der Waals surface area contributed by atoms with Gasteiger partial charge >= 0.3 is 6.03 Å². The zero-order valence-corrected chi connectivity index (χ0v) is 17.1. The van der Waals surface area contributed by atoms with E-state index in [1.54, 1.807) is 49.4 Å². The highest BCUT2D eigenvalue weighted by Crippen LogP contribution is 2.41. The van der Waals surface area contributed by atoms with Crippen molar-refractivity contribution in [3.05, 3.63) is 48.0 Å². The van der Waals surface area contributed by atoms with E-state index in [0.717, 1.165) is 4.90 Å². The lowest BCUT2D eigenvalue weighted by molar-refractivity contribution is -0.135. The van der Waals surface area contributed by atoms with Crippen LogP contribution in [-0.2, 0) is 19.9 Å². The fraction of sp³-hybridized carbons (Fsp3) is 0.273. The largest absolute Gasteiger partial charge is 0.493 e. The number of urea groups is 1. The van der Waals surface area contributed by atoms with Crippen LogP contribution in [0.2, 0.25) is 0 Å². The third-order valence-electron chi connectivity index (χ3n) is 5.75. The minimum atomic E-state index is -1.24. The van der Waals surface area contributed by atoms with Gasteiger partial charge in [0.25, 0.3) is 11.8 Å². The van der Waals surface area contributed by atoms with Crippen molar-refractivity contribution in [2.45, 2.75) is 25.0 Å². The van der Waals surface area contributed by atoms with Gasteiger partial charge in [0, 0.05) is 17.7 Å². The first-order valence-electron chi connectivity index (χ1n) is 10.2. The van der Waals surface area contributed by atoms with Crippen LogP contribution in [0.15, 0.2) is 42.5 Å². The van der Waals surface area contributed by atoms with Crippen molar-refractivity contribution in [2.75, 3.05) is 23.8 Å². The molecule has 32 heavy (non-hydrogen) atoms. The van der Waals surface area contributed by atoms with Crippen LogP contribution in [-0.4, -0.2) is 47.9 Å². The van der Waals surface area contributed by atoms with Gasteiger partial charge in [0.2, 0.25) is 5.91 Å². The summed E-state index contributed by atoms with van der Waals surface area (Å²) in [6.07, 6.45) is -0.333. The summed E-state index contributed by atoms with van der Waals surface area (Å²) in [5, 5.41) is 8.11. The van der Waals surface area contributed by atoms with Gasteiger partial charge in [-0.3, -0.25) is 19.3 Å². The molecule has 3 heterocycles. The molecule has 5 rings (SSSR count). The molecular formula is C22H20N4O6. The Bertz CT molecular complexity index is 1160. The third kappa shape index (κ3) is 3.11. The van der Waals surface area contributed by atoms with Gasteiger partial charge in [0.05, 0.1) is 12.3 Å². The molecule has 1 spiro atoms.